The van der Waals surface area contributed by atoms with E-state index in [0.29, 0.717) is 22.2 Å². The zero-order valence-corrected chi connectivity index (χ0v) is 17.2. The van der Waals surface area contributed by atoms with Crippen molar-refractivity contribution in [2.24, 2.45) is 0 Å². The van der Waals surface area contributed by atoms with Crippen LogP contribution < -0.4 is 19.8 Å². The van der Waals surface area contributed by atoms with Gasteiger partial charge in [0.2, 0.25) is 5.76 Å². The molecule has 1 atom stereocenters. The summed E-state index contributed by atoms with van der Waals surface area (Å²) in [6.45, 7) is 0. The second-order valence-electron chi connectivity index (χ2n) is 6.79. The van der Waals surface area contributed by atoms with Crippen LogP contribution in [0.25, 0.3) is 11.0 Å². The summed E-state index contributed by atoms with van der Waals surface area (Å²) in [6, 6.07) is 7.93. The quantitative estimate of drug-likeness (QED) is 0.476. The predicted octanol–water partition coefficient (Wildman–Crippen LogP) is 4.16. The zero-order valence-electron chi connectivity index (χ0n) is 16.4. The van der Waals surface area contributed by atoms with Gasteiger partial charge < -0.3 is 13.9 Å². The van der Waals surface area contributed by atoms with Crippen molar-refractivity contribution in [1.29, 1.82) is 0 Å². The Hall–Kier alpha value is -3.72. The van der Waals surface area contributed by atoms with Crippen molar-refractivity contribution in [3.05, 3.63) is 80.9 Å². The number of ether oxygens (including phenoxy) is 2. The summed E-state index contributed by atoms with van der Waals surface area (Å²) in [5.74, 6) is -0.374. The van der Waals surface area contributed by atoms with Gasteiger partial charge in [0, 0.05) is 17.1 Å². The van der Waals surface area contributed by atoms with Crippen LogP contribution in [-0.4, -0.2) is 25.1 Å². The number of amides is 1. The molecular weight excluding hydrogens is 423 g/mol. The number of methoxy groups -OCH3 is 2. The summed E-state index contributed by atoms with van der Waals surface area (Å²) in [4.78, 5) is 32.5. The number of hydrogen-bond acceptors (Lipinski definition) is 7. The van der Waals surface area contributed by atoms with Crippen molar-refractivity contribution in [2.75, 3.05) is 19.1 Å². The molecule has 0 radical (unpaired) electrons. The van der Waals surface area contributed by atoms with Crippen LogP contribution in [0.2, 0.25) is 0 Å². The first-order valence-corrected chi connectivity index (χ1v) is 10.1. The Balaban J connectivity index is 1.87. The van der Waals surface area contributed by atoms with Gasteiger partial charge in [-0.05, 0) is 24.3 Å². The molecule has 0 saturated carbocycles. The van der Waals surface area contributed by atoms with Crippen LogP contribution in [0.3, 0.4) is 0 Å². The van der Waals surface area contributed by atoms with Gasteiger partial charge in [0.15, 0.2) is 22.1 Å². The Morgan fingerprint density at radius 1 is 1.16 bits per heavy atom. The molecule has 7 nitrogen and oxygen atoms in total. The first kappa shape index (κ1) is 19.3. The topological polar surface area (TPSA) is 81.9 Å². The molecule has 2 aromatic carbocycles. The number of halogens is 1. The Bertz CT molecular complexity index is 1380. The lowest BCUT2D eigenvalue weighted by molar-refractivity contribution is 0.0970. The molecule has 0 aliphatic carbocycles. The van der Waals surface area contributed by atoms with Gasteiger partial charge >= 0.3 is 0 Å². The normalized spacial score (nSPS) is 15.4. The van der Waals surface area contributed by atoms with Crippen molar-refractivity contribution < 1.29 is 23.1 Å². The van der Waals surface area contributed by atoms with Crippen LogP contribution in [0.1, 0.15) is 27.7 Å². The van der Waals surface area contributed by atoms with E-state index in [-0.39, 0.29) is 22.3 Å². The number of thiazole rings is 1. The second-order valence-corrected chi connectivity index (χ2v) is 7.66. The van der Waals surface area contributed by atoms with Crippen molar-refractivity contribution in [2.45, 2.75) is 6.04 Å². The van der Waals surface area contributed by atoms with Crippen LogP contribution in [0.4, 0.5) is 9.52 Å². The molecule has 1 aliphatic rings. The number of carbonyl (C=O) groups is 1. The SMILES string of the molecule is COc1cccc(C2c3c(oc4ccc(F)cc4c3=O)C(=O)N2c2nccs2)c1OC. The molecule has 5 rings (SSSR count). The van der Waals surface area contributed by atoms with Gasteiger partial charge in [-0.2, -0.15) is 0 Å². The van der Waals surface area contributed by atoms with Crippen LogP contribution in [0, 0.1) is 5.82 Å². The third-order valence-corrected chi connectivity index (χ3v) is 5.96. The predicted molar refractivity (Wildman–Crippen MR) is 113 cm³/mol. The number of nitrogens with zero attached hydrogens (tertiary/aromatic N) is 2. The summed E-state index contributed by atoms with van der Waals surface area (Å²) in [5.41, 5.74) is 0.269. The molecule has 156 valence electrons. The highest BCUT2D eigenvalue weighted by Gasteiger charge is 2.46. The van der Waals surface area contributed by atoms with Gasteiger partial charge in [0.05, 0.1) is 25.2 Å². The van der Waals surface area contributed by atoms with Gasteiger partial charge in [0.25, 0.3) is 5.91 Å². The molecule has 1 amide bonds. The Labute approximate surface area is 179 Å². The van der Waals surface area contributed by atoms with E-state index in [1.165, 1.54) is 42.6 Å². The molecule has 0 spiro atoms. The van der Waals surface area contributed by atoms with Crippen molar-refractivity contribution in [3.8, 4) is 11.5 Å². The lowest BCUT2D eigenvalue weighted by Crippen LogP contribution is -2.29. The fourth-order valence-corrected chi connectivity index (χ4v) is 4.57. The van der Waals surface area contributed by atoms with E-state index >= 15 is 0 Å². The molecule has 0 bridgehead atoms. The minimum atomic E-state index is -0.886. The average molecular weight is 438 g/mol. The van der Waals surface area contributed by atoms with Gasteiger partial charge in [-0.1, -0.05) is 12.1 Å². The largest absolute Gasteiger partial charge is 0.493 e. The molecule has 2 aromatic heterocycles. The molecule has 4 aromatic rings. The maximum absolute atomic E-state index is 13.9. The standard InChI is InChI=1S/C22H15FN2O5S/c1-28-15-5-3-4-12(19(15)29-2)17-16-18(26)13-10-11(23)6-7-14(13)30-20(16)21(27)25(17)22-24-8-9-31-22/h3-10,17H,1-2H3. The lowest BCUT2D eigenvalue weighted by atomic mass is 9.97. The van der Waals surface area contributed by atoms with Crippen molar-refractivity contribution in [1.82, 2.24) is 4.98 Å². The third kappa shape index (κ3) is 2.81. The van der Waals surface area contributed by atoms with E-state index in [1.807, 2.05) is 0 Å². The van der Waals surface area contributed by atoms with Gasteiger partial charge in [0.1, 0.15) is 17.4 Å². The number of benzene rings is 2. The monoisotopic (exact) mass is 438 g/mol. The summed E-state index contributed by atoms with van der Waals surface area (Å²) < 4.78 is 30.7. The highest BCUT2D eigenvalue weighted by Crippen LogP contribution is 2.46. The molecule has 31 heavy (non-hydrogen) atoms. The molecule has 0 saturated heterocycles. The van der Waals surface area contributed by atoms with Crippen LogP contribution in [0.15, 0.2) is 57.2 Å². The summed E-state index contributed by atoms with van der Waals surface area (Å²) in [5, 5.41) is 2.17. The molecule has 3 heterocycles. The van der Waals surface area contributed by atoms with Crippen molar-refractivity contribution in [3.63, 3.8) is 0 Å². The first-order valence-electron chi connectivity index (χ1n) is 9.25. The summed E-state index contributed by atoms with van der Waals surface area (Å²) in [6.07, 6.45) is 1.57. The number of aromatic nitrogens is 1. The number of carbonyl (C=O) groups excluding carboxylic acids is 1. The fourth-order valence-electron chi connectivity index (χ4n) is 3.90. The van der Waals surface area contributed by atoms with E-state index in [0.717, 1.165) is 6.07 Å². The lowest BCUT2D eigenvalue weighted by Gasteiger charge is -2.24. The van der Waals surface area contributed by atoms with Gasteiger partial charge in [-0.15, -0.1) is 11.3 Å². The molecular formula is C22H15FN2O5S. The highest BCUT2D eigenvalue weighted by molar-refractivity contribution is 7.13. The molecule has 1 unspecified atom stereocenters. The van der Waals surface area contributed by atoms with E-state index in [1.54, 1.807) is 29.8 Å². The smallest absolute Gasteiger partial charge is 0.297 e. The minimum Gasteiger partial charge on any atom is -0.493 e. The highest BCUT2D eigenvalue weighted by atomic mass is 32.1. The summed E-state index contributed by atoms with van der Waals surface area (Å²) >= 11 is 1.25. The number of hydrogen-bond donors (Lipinski definition) is 0. The third-order valence-electron chi connectivity index (χ3n) is 5.19. The number of para-hydroxylation sites is 1. The van der Waals surface area contributed by atoms with Crippen LogP contribution in [-0.2, 0) is 0 Å². The molecule has 9 heteroatoms. The maximum Gasteiger partial charge on any atom is 0.297 e. The molecule has 0 N–H and O–H groups in total. The number of fused-ring (bicyclic) bond motifs is 2. The Morgan fingerprint density at radius 3 is 2.71 bits per heavy atom. The van der Waals surface area contributed by atoms with Crippen molar-refractivity contribution >= 4 is 33.3 Å². The number of anilines is 1. The van der Waals surface area contributed by atoms with Gasteiger partial charge in [-0.25, -0.2) is 9.37 Å². The molecule has 0 fully saturated rings. The number of rotatable bonds is 4. The van der Waals surface area contributed by atoms with Crippen LogP contribution in [0.5, 0.6) is 11.5 Å². The Morgan fingerprint density at radius 2 is 2.00 bits per heavy atom. The first-order chi connectivity index (χ1) is 15.0. The van der Waals surface area contributed by atoms with Crippen LogP contribution >= 0.6 is 11.3 Å². The van der Waals surface area contributed by atoms with E-state index in [9.17, 15) is 14.0 Å². The average Bonchev–Trinajstić information content (AvgIpc) is 3.40. The maximum atomic E-state index is 13.9. The Kier molecular flexibility index (Phi) is 4.48. The van der Waals surface area contributed by atoms with E-state index in [4.69, 9.17) is 13.9 Å². The zero-order chi connectivity index (χ0) is 21.7. The van der Waals surface area contributed by atoms with E-state index < -0.39 is 23.2 Å². The van der Waals surface area contributed by atoms with Gasteiger partial charge in [-0.3, -0.25) is 14.5 Å². The van der Waals surface area contributed by atoms with E-state index in [2.05, 4.69) is 4.98 Å². The molecule has 1 aliphatic heterocycles. The summed E-state index contributed by atoms with van der Waals surface area (Å²) in [7, 11) is 2.98. The minimum absolute atomic E-state index is 0.0550. The second kappa shape index (κ2) is 7.21. The fraction of sp³-hybridized carbons (Fsp3) is 0.136.